The van der Waals surface area contributed by atoms with E-state index in [-0.39, 0.29) is 0 Å². The summed E-state index contributed by atoms with van der Waals surface area (Å²) < 4.78 is 4.78. The largest absolute Gasteiger partial charge is 0.354 e. The summed E-state index contributed by atoms with van der Waals surface area (Å²) in [6, 6.07) is 72.3. The van der Waals surface area contributed by atoms with Crippen LogP contribution in [0.15, 0.2) is 200 Å². The van der Waals surface area contributed by atoms with Crippen molar-refractivity contribution in [1.29, 1.82) is 0 Å². The predicted octanol–water partition coefficient (Wildman–Crippen LogP) is 21.6. The van der Waals surface area contributed by atoms with Crippen molar-refractivity contribution < 1.29 is 0 Å². The van der Waals surface area contributed by atoms with Crippen LogP contribution in [-0.2, 0) is 0 Å². The molecule has 5 nitrogen and oxygen atoms in total. The minimum atomic E-state index is 0.364. The van der Waals surface area contributed by atoms with Crippen LogP contribution in [0.25, 0.3) is 133 Å². The Morgan fingerprint density at radius 1 is 0.393 bits per heavy atom. The topological polar surface area (TPSA) is 51.4 Å². The SMILES string of the molecule is Cc1cc(C)c(-c2ccnc(-n3c4ccc(-c5c(C(C)C)cccc5C(C)C)cc4c4ccc(-c5c(C)ccc6c5nc(-c5cc(-c7ccccc7)cc7c5[nH]c5cccc(-c8c(C)cc(C)cc8C)c57)n6-c5ccccc5)cc43)c2)c(C)c1. The molecule has 0 amide bonds. The van der Waals surface area contributed by atoms with Crippen molar-refractivity contribution in [2.45, 2.75) is 88.0 Å². The van der Waals surface area contributed by atoms with Crippen molar-refractivity contribution in [2.24, 2.45) is 0 Å². The number of rotatable bonds is 10. The summed E-state index contributed by atoms with van der Waals surface area (Å²) in [4.78, 5) is 15.2. The van der Waals surface area contributed by atoms with Gasteiger partial charge in [-0.15, -0.1) is 0 Å². The van der Waals surface area contributed by atoms with Crippen LogP contribution < -0.4 is 0 Å². The van der Waals surface area contributed by atoms with Gasteiger partial charge in [-0.2, -0.15) is 0 Å². The molecule has 4 heterocycles. The van der Waals surface area contributed by atoms with Crippen molar-refractivity contribution >= 4 is 54.6 Å². The molecule has 84 heavy (non-hydrogen) atoms. The third kappa shape index (κ3) is 8.59. The fourth-order valence-corrected chi connectivity index (χ4v) is 14.3. The normalized spacial score (nSPS) is 12.0. The Hall–Kier alpha value is -9.58. The zero-order chi connectivity index (χ0) is 57.8. The van der Waals surface area contributed by atoms with Gasteiger partial charge in [0.1, 0.15) is 11.6 Å². The Morgan fingerprint density at radius 3 is 1.69 bits per heavy atom. The molecular weight excluding hydrogens is 1020 g/mol. The lowest BCUT2D eigenvalue weighted by Gasteiger charge is -2.20. The zero-order valence-electron chi connectivity index (χ0n) is 50.0. The number of hydrogen-bond acceptors (Lipinski definition) is 2. The predicted molar refractivity (Wildman–Crippen MR) is 357 cm³/mol. The molecule has 0 atom stereocenters. The summed E-state index contributed by atoms with van der Waals surface area (Å²) in [7, 11) is 0. The standard InChI is InChI=1S/C79H69N5/c1-45(2)60-24-18-25-61(46(3)4)75(60)55-30-33-68-64(40-55)62-31-29-56(43-70(62)84(68)71-44-57(34-35-80-71)72-50(8)36-47(5)37-51(72)9)74-49(7)28-32-69-78(74)82-79(83(69)59-22-16-13-17-23-59)66-42-58(54-20-14-12-15-21-54)41-65-76-63(26-19-27-67(76)81-77(65)66)73-52(10)38-48(6)39-53(73)11/h12-46,81H,1-11H3. The number of nitrogens with one attached hydrogen (secondary N) is 1. The summed E-state index contributed by atoms with van der Waals surface area (Å²) in [6.45, 7) is 24.8. The maximum Gasteiger partial charge on any atom is 0.147 e. The molecule has 410 valence electrons. The Balaban J connectivity index is 1.04. The number of aromatic amines is 1. The fourth-order valence-electron chi connectivity index (χ4n) is 14.3. The number of fused-ring (bicyclic) bond motifs is 7. The molecule has 14 rings (SSSR count). The number of pyridine rings is 1. The Kier molecular flexibility index (Phi) is 12.7. The van der Waals surface area contributed by atoms with Gasteiger partial charge in [-0.1, -0.05) is 166 Å². The van der Waals surface area contributed by atoms with Gasteiger partial charge in [-0.25, -0.2) is 9.97 Å². The van der Waals surface area contributed by atoms with Gasteiger partial charge in [-0.05, 0) is 216 Å². The summed E-state index contributed by atoms with van der Waals surface area (Å²) in [5.41, 5.74) is 31.9. The Labute approximate surface area is 493 Å². The fraction of sp³-hybridized carbons (Fsp3) is 0.165. The number of nitrogens with zero attached hydrogens (tertiary/aromatic N) is 4. The number of hydrogen-bond donors (Lipinski definition) is 1. The van der Waals surface area contributed by atoms with E-state index < -0.39 is 0 Å². The van der Waals surface area contributed by atoms with Crippen LogP contribution in [0.2, 0.25) is 0 Å². The first kappa shape index (κ1) is 52.5. The molecule has 0 radical (unpaired) electrons. The first-order chi connectivity index (χ1) is 40.7. The molecule has 0 aliphatic rings. The maximum atomic E-state index is 5.96. The van der Waals surface area contributed by atoms with Crippen LogP contribution in [0.1, 0.15) is 89.6 Å². The number of benzene rings is 10. The van der Waals surface area contributed by atoms with E-state index >= 15 is 0 Å². The molecule has 0 aliphatic carbocycles. The lowest BCUT2D eigenvalue weighted by atomic mass is 9.85. The highest BCUT2D eigenvalue weighted by Gasteiger charge is 2.26. The lowest BCUT2D eigenvalue weighted by Crippen LogP contribution is -2.00. The molecule has 0 aliphatic heterocycles. The molecule has 4 aromatic heterocycles. The minimum Gasteiger partial charge on any atom is -0.354 e. The number of aromatic nitrogens is 5. The Bertz CT molecular complexity index is 4890. The van der Waals surface area contributed by atoms with E-state index in [9.17, 15) is 0 Å². The van der Waals surface area contributed by atoms with Crippen LogP contribution in [0.5, 0.6) is 0 Å². The first-order valence-electron chi connectivity index (χ1n) is 29.8. The summed E-state index contributed by atoms with van der Waals surface area (Å²) >= 11 is 0. The molecule has 0 fully saturated rings. The van der Waals surface area contributed by atoms with E-state index in [1.165, 1.54) is 93.9 Å². The Morgan fingerprint density at radius 2 is 1.00 bits per heavy atom. The lowest BCUT2D eigenvalue weighted by molar-refractivity contribution is 0.838. The zero-order valence-corrected chi connectivity index (χ0v) is 50.0. The monoisotopic (exact) mass is 1090 g/mol. The summed E-state index contributed by atoms with van der Waals surface area (Å²) in [5, 5.41) is 4.75. The van der Waals surface area contributed by atoms with Crippen molar-refractivity contribution in [1.82, 2.24) is 24.1 Å². The molecule has 0 saturated carbocycles. The molecule has 5 heteroatoms. The second-order valence-corrected chi connectivity index (χ2v) is 24.3. The van der Waals surface area contributed by atoms with Crippen molar-refractivity contribution in [3.05, 3.63) is 250 Å². The molecule has 0 saturated heterocycles. The summed E-state index contributed by atoms with van der Waals surface area (Å²) in [5.74, 6) is 2.48. The third-order valence-electron chi connectivity index (χ3n) is 17.7. The van der Waals surface area contributed by atoms with Crippen LogP contribution in [0, 0.1) is 48.5 Å². The van der Waals surface area contributed by atoms with E-state index in [2.05, 4.69) is 284 Å². The third-order valence-corrected chi connectivity index (χ3v) is 17.7. The number of imidazole rings is 1. The van der Waals surface area contributed by atoms with Gasteiger partial charge in [-0.3, -0.25) is 9.13 Å². The molecular formula is C79H69N5. The summed E-state index contributed by atoms with van der Waals surface area (Å²) in [6.07, 6.45) is 1.98. The van der Waals surface area contributed by atoms with Gasteiger partial charge in [0.2, 0.25) is 0 Å². The number of para-hydroxylation sites is 1. The van der Waals surface area contributed by atoms with Crippen LogP contribution in [0.3, 0.4) is 0 Å². The number of H-pyrrole nitrogens is 1. The van der Waals surface area contributed by atoms with Crippen LogP contribution in [0.4, 0.5) is 0 Å². The smallest absolute Gasteiger partial charge is 0.147 e. The molecule has 10 aromatic carbocycles. The van der Waals surface area contributed by atoms with Gasteiger partial charge in [0.25, 0.3) is 0 Å². The molecule has 1 N–H and O–H groups in total. The van der Waals surface area contributed by atoms with Gasteiger partial charge in [0.15, 0.2) is 0 Å². The molecule has 0 spiro atoms. The van der Waals surface area contributed by atoms with Crippen LogP contribution >= 0.6 is 0 Å². The van der Waals surface area contributed by atoms with Gasteiger partial charge >= 0.3 is 0 Å². The van der Waals surface area contributed by atoms with Gasteiger partial charge < -0.3 is 4.98 Å². The quantitative estimate of drug-likeness (QED) is 0.148. The first-order valence-corrected chi connectivity index (χ1v) is 29.8. The second kappa shape index (κ2) is 20.4. The van der Waals surface area contributed by atoms with Crippen molar-refractivity contribution in [3.63, 3.8) is 0 Å². The van der Waals surface area contributed by atoms with Crippen molar-refractivity contribution in [3.8, 4) is 78.5 Å². The average molecular weight is 1090 g/mol. The highest BCUT2D eigenvalue weighted by Crippen LogP contribution is 2.47. The van der Waals surface area contributed by atoms with Crippen LogP contribution in [-0.4, -0.2) is 24.1 Å². The molecule has 14 aromatic rings. The van der Waals surface area contributed by atoms with E-state index in [4.69, 9.17) is 9.97 Å². The van der Waals surface area contributed by atoms with Gasteiger partial charge in [0.05, 0.1) is 27.6 Å². The van der Waals surface area contributed by atoms with E-state index in [1.54, 1.807) is 0 Å². The minimum absolute atomic E-state index is 0.364. The van der Waals surface area contributed by atoms with E-state index in [0.717, 1.165) is 89.4 Å². The average Bonchev–Trinajstić information content (AvgIpc) is 2.16. The molecule has 0 bridgehead atoms. The van der Waals surface area contributed by atoms with Crippen molar-refractivity contribution in [2.75, 3.05) is 0 Å². The highest BCUT2D eigenvalue weighted by atomic mass is 15.1. The molecule has 0 unspecified atom stereocenters. The van der Waals surface area contributed by atoms with E-state index in [1.807, 2.05) is 6.20 Å². The highest BCUT2D eigenvalue weighted by molar-refractivity contribution is 6.19. The maximum absolute atomic E-state index is 5.96. The van der Waals surface area contributed by atoms with E-state index in [0.29, 0.717) is 11.8 Å². The number of aryl methyl sites for hydroxylation is 7. The van der Waals surface area contributed by atoms with Gasteiger partial charge in [0, 0.05) is 50.1 Å². The second-order valence-electron chi connectivity index (χ2n) is 24.3.